The van der Waals surface area contributed by atoms with Gasteiger partial charge in [-0.3, -0.25) is 4.90 Å². The fraction of sp³-hybridized carbons (Fsp3) is 0.909. The van der Waals surface area contributed by atoms with Crippen molar-refractivity contribution < 1.29 is 25.2 Å². The number of rotatable bonds is 3. The zero-order valence-corrected chi connectivity index (χ0v) is 10.3. The van der Waals surface area contributed by atoms with Crippen LogP contribution in [-0.4, -0.2) is 75.1 Å². The molecule has 104 valence electrons. The van der Waals surface area contributed by atoms with Crippen LogP contribution >= 0.6 is 0 Å². The number of aliphatic imine (C=N–C) groups is 1. The molecule has 7 heteroatoms. The Bertz CT molecular complexity index is 325. The monoisotopic (exact) mass is 260 g/mol. The van der Waals surface area contributed by atoms with Crippen LogP contribution < -0.4 is 0 Å². The topological polar surface area (TPSA) is 106 Å². The van der Waals surface area contributed by atoms with E-state index in [4.69, 9.17) is 4.74 Å². The molecule has 0 unspecified atom stereocenters. The number of ether oxygens (including phenoxy) is 1. The van der Waals surface area contributed by atoms with Gasteiger partial charge < -0.3 is 25.2 Å². The number of nitrogens with zero attached hydrogens (tertiary/aromatic N) is 2. The van der Waals surface area contributed by atoms with Crippen LogP contribution in [0.25, 0.3) is 0 Å². The first-order valence-corrected chi connectivity index (χ1v) is 6.25. The van der Waals surface area contributed by atoms with Crippen molar-refractivity contribution in [2.75, 3.05) is 13.2 Å². The van der Waals surface area contributed by atoms with Gasteiger partial charge in [0, 0.05) is 6.54 Å². The van der Waals surface area contributed by atoms with Crippen molar-refractivity contribution in [1.29, 1.82) is 0 Å². The molecule has 5 atom stereocenters. The van der Waals surface area contributed by atoms with Crippen LogP contribution in [0.1, 0.15) is 19.8 Å². The van der Waals surface area contributed by atoms with Gasteiger partial charge in [0.15, 0.2) is 6.23 Å². The Morgan fingerprint density at radius 2 is 1.94 bits per heavy atom. The molecule has 7 nitrogen and oxygen atoms in total. The average Bonchev–Trinajstić information content (AvgIpc) is 2.78. The SMILES string of the molecule is CCCC/N=C1/OC[C@@H]2[C@@H](O)[C@H](O)[C@@H](O)[C@@H](O)N12. The first-order valence-electron chi connectivity index (χ1n) is 6.25. The molecule has 0 aromatic heterocycles. The fourth-order valence-electron chi connectivity index (χ4n) is 2.26. The normalized spacial score (nSPS) is 41.9. The number of unbranched alkanes of at least 4 members (excludes halogenated alkanes) is 1. The molecule has 2 aliphatic heterocycles. The van der Waals surface area contributed by atoms with Gasteiger partial charge >= 0.3 is 0 Å². The van der Waals surface area contributed by atoms with E-state index in [2.05, 4.69) is 4.99 Å². The summed E-state index contributed by atoms with van der Waals surface area (Å²) >= 11 is 0. The summed E-state index contributed by atoms with van der Waals surface area (Å²) in [6.07, 6.45) is -3.39. The molecule has 0 aliphatic carbocycles. The quantitative estimate of drug-likeness (QED) is 0.449. The van der Waals surface area contributed by atoms with Crippen LogP contribution in [0.5, 0.6) is 0 Å². The summed E-state index contributed by atoms with van der Waals surface area (Å²) in [5, 5.41) is 39.0. The second-order valence-electron chi connectivity index (χ2n) is 4.69. The summed E-state index contributed by atoms with van der Waals surface area (Å²) < 4.78 is 5.32. The van der Waals surface area contributed by atoms with E-state index >= 15 is 0 Å². The van der Waals surface area contributed by atoms with Crippen molar-refractivity contribution in [3.05, 3.63) is 0 Å². The number of aliphatic hydroxyl groups excluding tert-OH is 4. The van der Waals surface area contributed by atoms with Gasteiger partial charge in [-0.15, -0.1) is 0 Å². The highest BCUT2D eigenvalue weighted by Crippen LogP contribution is 2.28. The van der Waals surface area contributed by atoms with Gasteiger partial charge in [-0.2, -0.15) is 0 Å². The summed E-state index contributed by atoms with van der Waals surface area (Å²) in [5.74, 6) is 0. The second-order valence-corrected chi connectivity index (χ2v) is 4.69. The average molecular weight is 260 g/mol. The minimum absolute atomic E-state index is 0.146. The lowest BCUT2D eigenvalue weighted by Gasteiger charge is -2.42. The molecule has 2 fully saturated rings. The van der Waals surface area contributed by atoms with Gasteiger partial charge in [0.25, 0.3) is 6.02 Å². The molecular formula is C11H20N2O5. The fourth-order valence-corrected chi connectivity index (χ4v) is 2.26. The molecule has 0 spiro atoms. The molecule has 0 amide bonds. The number of aliphatic hydroxyl groups is 4. The van der Waals surface area contributed by atoms with Gasteiger partial charge in [0.2, 0.25) is 0 Å². The number of hydrogen-bond acceptors (Lipinski definition) is 6. The van der Waals surface area contributed by atoms with Crippen molar-refractivity contribution in [2.45, 2.75) is 50.3 Å². The zero-order valence-electron chi connectivity index (χ0n) is 10.3. The summed E-state index contributed by atoms with van der Waals surface area (Å²) in [6, 6.07) is -0.343. The van der Waals surface area contributed by atoms with Crippen LogP contribution in [0.3, 0.4) is 0 Å². The molecule has 0 aromatic carbocycles. The Kier molecular flexibility index (Phi) is 4.06. The highest BCUT2D eigenvalue weighted by atomic mass is 16.5. The molecular weight excluding hydrogens is 240 g/mol. The number of piperidine rings is 1. The molecule has 0 bridgehead atoms. The minimum Gasteiger partial charge on any atom is -0.463 e. The highest BCUT2D eigenvalue weighted by Gasteiger charge is 2.52. The van der Waals surface area contributed by atoms with Crippen LogP contribution in [0.15, 0.2) is 4.99 Å². The Morgan fingerprint density at radius 3 is 2.61 bits per heavy atom. The molecule has 0 saturated carbocycles. The largest absolute Gasteiger partial charge is 0.463 e. The summed E-state index contributed by atoms with van der Waals surface area (Å²) in [4.78, 5) is 5.54. The standard InChI is InChI=1S/C11H20N2O5/c1-2-3-4-12-11-13-6(5-18-11)7(14)8(15)9(16)10(13)17/h6-10,14-17H,2-5H2,1H3/b12-11+/t6-,7-,8+,9-,10-/m1/s1. The van der Waals surface area contributed by atoms with Crippen molar-refractivity contribution >= 4 is 6.02 Å². The third kappa shape index (κ3) is 2.18. The summed E-state index contributed by atoms with van der Waals surface area (Å²) in [7, 11) is 0. The van der Waals surface area contributed by atoms with Crippen LogP contribution in [0, 0.1) is 0 Å². The second kappa shape index (κ2) is 5.40. The van der Waals surface area contributed by atoms with Gasteiger partial charge in [-0.05, 0) is 6.42 Å². The number of hydrogen-bond donors (Lipinski definition) is 4. The van der Waals surface area contributed by atoms with Crippen LogP contribution in [-0.2, 0) is 4.74 Å². The third-order valence-corrected chi connectivity index (χ3v) is 3.40. The van der Waals surface area contributed by atoms with E-state index in [1.165, 1.54) is 4.90 Å². The Morgan fingerprint density at radius 1 is 1.22 bits per heavy atom. The predicted octanol–water partition coefficient (Wildman–Crippen LogP) is -1.74. The summed E-state index contributed by atoms with van der Waals surface area (Å²) in [5.41, 5.74) is 0. The molecule has 2 rings (SSSR count). The van der Waals surface area contributed by atoms with E-state index < -0.39 is 30.6 Å². The summed E-state index contributed by atoms with van der Waals surface area (Å²) in [6.45, 7) is 2.75. The maximum absolute atomic E-state index is 9.91. The molecule has 4 N–H and O–H groups in total. The van der Waals surface area contributed by atoms with Crippen molar-refractivity contribution in [3.8, 4) is 0 Å². The van der Waals surface area contributed by atoms with Gasteiger partial charge in [0.05, 0.1) is 6.04 Å². The van der Waals surface area contributed by atoms with E-state index in [-0.39, 0.29) is 12.6 Å². The van der Waals surface area contributed by atoms with E-state index in [0.717, 1.165) is 12.8 Å². The molecule has 0 aromatic rings. The lowest BCUT2D eigenvalue weighted by Crippen LogP contribution is -2.65. The van der Waals surface area contributed by atoms with Crippen LogP contribution in [0.2, 0.25) is 0 Å². The lowest BCUT2D eigenvalue weighted by molar-refractivity contribution is -0.190. The van der Waals surface area contributed by atoms with Gasteiger partial charge in [-0.1, -0.05) is 13.3 Å². The van der Waals surface area contributed by atoms with Crippen molar-refractivity contribution in [2.24, 2.45) is 4.99 Å². The third-order valence-electron chi connectivity index (χ3n) is 3.40. The molecule has 0 radical (unpaired) electrons. The van der Waals surface area contributed by atoms with E-state index in [0.29, 0.717) is 6.54 Å². The van der Waals surface area contributed by atoms with Crippen molar-refractivity contribution in [1.82, 2.24) is 4.90 Å². The van der Waals surface area contributed by atoms with E-state index in [9.17, 15) is 20.4 Å². The predicted molar refractivity (Wildman–Crippen MR) is 62.8 cm³/mol. The zero-order chi connectivity index (χ0) is 13.3. The molecule has 2 aliphatic rings. The highest BCUT2D eigenvalue weighted by molar-refractivity contribution is 5.76. The Hall–Kier alpha value is -0.890. The van der Waals surface area contributed by atoms with Gasteiger partial charge in [-0.25, -0.2) is 4.99 Å². The van der Waals surface area contributed by atoms with E-state index in [1.807, 2.05) is 6.92 Å². The molecule has 2 heterocycles. The van der Waals surface area contributed by atoms with Crippen molar-refractivity contribution in [3.63, 3.8) is 0 Å². The smallest absolute Gasteiger partial charge is 0.290 e. The first kappa shape index (κ1) is 13.5. The maximum Gasteiger partial charge on any atom is 0.290 e. The minimum atomic E-state index is -1.44. The first-order chi connectivity index (χ1) is 8.57. The maximum atomic E-state index is 9.91. The van der Waals surface area contributed by atoms with E-state index in [1.54, 1.807) is 0 Å². The Labute approximate surface area is 105 Å². The number of amidine groups is 1. The Balaban J connectivity index is 2.13. The molecule has 2 saturated heterocycles. The molecule has 18 heavy (non-hydrogen) atoms. The lowest BCUT2D eigenvalue weighted by atomic mass is 9.94. The van der Waals surface area contributed by atoms with Gasteiger partial charge in [0.1, 0.15) is 24.9 Å². The van der Waals surface area contributed by atoms with Crippen LogP contribution in [0.4, 0.5) is 0 Å². The number of fused-ring (bicyclic) bond motifs is 1.